The molecule has 1 unspecified atom stereocenters. The van der Waals surface area contributed by atoms with Gasteiger partial charge in [0.2, 0.25) is 0 Å². The minimum atomic E-state index is -0.436. The summed E-state index contributed by atoms with van der Waals surface area (Å²) in [5, 5.41) is 13.2. The van der Waals surface area contributed by atoms with E-state index in [2.05, 4.69) is 32.8 Å². The lowest BCUT2D eigenvalue weighted by atomic mass is 9.90. The average Bonchev–Trinajstić information content (AvgIpc) is 3.14. The normalized spacial score (nSPS) is 20.6. The van der Waals surface area contributed by atoms with Gasteiger partial charge < -0.3 is 19.9 Å². The first-order chi connectivity index (χ1) is 16.8. The van der Waals surface area contributed by atoms with E-state index >= 15 is 0 Å². The number of fused-ring (bicyclic) bond motifs is 1. The minimum Gasteiger partial charge on any atom is -0.395 e. The molecule has 3 heterocycles. The number of allylic oxidation sites excluding steroid dienone is 1. The molecule has 7 nitrogen and oxygen atoms in total. The van der Waals surface area contributed by atoms with Crippen LogP contribution in [0, 0.1) is 18.8 Å². The summed E-state index contributed by atoms with van der Waals surface area (Å²) in [5.74, 6) is -0.281. The quantitative estimate of drug-likeness (QED) is 0.580. The highest BCUT2D eigenvalue weighted by Gasteiger charge is 2.30. The Hall–Kier alpha value is -2.42. The molecule has 0 spiro atoms. The second-order valence-electron chi connectivity index (χ2n) is 9.60. The lowest BCUT2D eigenvalue weighted by molar-refractivity contribution is -0.120. The Balaban J connectivity index is 1.56. The van der Waals surface area contributed by atoms with Crippen LogP contribution in [0.3, 0.4) is 0 Å². The van der Waals surface area contributed by atoms with Crippen molar-refractivity contribution >= 4 is 40.2 Å². The van der Waals surface area contributed by atoms with Crippen molar-refractivity contribution in [3.8, 4) is 0 Å². The maximum atomic E-state index is 13.5. The molecular formula is C27H36N4O3S. The van der Waals surface area contributed by atoms with Gasteiger partial charge in [-0.2, -0.15) is 0 Å². The Labute approximate surface area is 211 Å². The van der Waals surface area contributed by atoms with Crippen LogP contribution in [0.2, 0.25) is 0 Å². The number of β-amino-alcohol motifs (C(OH)–C–C–N with tert-alkyl or cyclic N) is 1. The molecule has 2 aliphatic rings. The van der Waals surface area contributed by atoms with Gasteiger partial charge in [-0.15, -0.1) is 11.8 Å². The number of amides is 2. The number of nitrogens with zero attached hydrogens (tertiary/aromatic N) is 3. The summed E-state index contributed by atoms with van der Waals surface area (Å²) in [6, 6.07) is 8.34. The molecule has 1 aromatic carbocycles. The van der Waals surface area contributed by atoms with E-state index in [4.69, 9.17) is 0 Å². The molecule has 1 fully saturated rings. The van der Waals surface area contributed by atoms with E-state index in [9.17, 15) is 14.7 Å². The molecule has 0 saturated carbocycles. The fraction of sp³-hybridized carbons (Fsp3) is 0.519. The van der Waals surface area contributed by atoms with Crippen molar-refractivity contribution in [1.29, 1.82) is 0 Å². The molecular weight excluding hydrogens is 460 g/mol. The highest BCUT2D eigenvalue weighted by Crippen LogP contribution is 2.36. The van der Waals surface area contributed by atoms with E-state index in [0.717, 1.165) is 54.0 Å². The van der Waals surface area contributed by atoms with Crippen molar-refractivity contribution in [3.05, 3.63) is 46.5 Å². The third kappa shape index (κ3) is 5.25. The van der Waals surface area contributed by atoms with E-state index in [1.165, 1.54) is 11.8 Å². The van der Waals surface area contributed by atoms with Crippen molar-refractivity contribution in [2.24, 2.45) is 16.8 Å². The molecule has 4 rings (SSSR count). The first-order valence-electron chi connectivity index (χ1n) is 12.4. The molecule has 0 bridgehead atoms. The number of aliphatic imine (C=N–C) groups is 1. The molecule has 2 aromatic rings. The maximum Gasteiger partial charge on any atom is 0.255 e. The third-order valence-electron chi connectivity index (χ3n) is 7.50. The van der Waals surface area contributed by atoms with Crippen molar-refractivity contribution in [2.75, 3.05) is 39.0 Å². The van der Waals surface area contributed by atoms with Crippen LogP contribution in [0.4, 0.5) is 0 Å². The fourth-order valence-electron chi connectivity index (χ4n) is 5.60. The molecule has 1 aromatic heterocycles. The van der Waals surface area contributed by atoms with Crippen LogP contribution in [-0.2, 0) is 4.79 Å². The summed E-state index contributed by atoms with van der Waals surface area (Å²) < 4.78 is 2.32. The van der Waals surface area contributed by atoms with Crippen LogP contribution >= 0.6 is 11.8 Å². The lowest BCUT2D eigenvalue weighted by Crippen LogP contribution is -2.38. The Morgan fingerprint density at radius 2 is 1.97 bits per heavy atom. The van der Waals surface area contributed by atoms with Crippen LogP contribution in [0.5, 0.6) is 0 Å². The van der Waals surface area contributed by atoms with E-state index in [0.29, 0.717) is 17.2 Å². The van der Waals surface area contributed by atoms with E-state index < -0.39 is 5.92 Å². The summed E-state index contributed by atoms with van der Waals surface area (Å²) in [6.07, 6.45) is 6.01. The van der Waals surface area contributed by atoms with Crippen LogP contribution in [-0.4, -0.2) is 71.1 Å². The smallest absolute Gasteiger partial charge is 0.255 e. The van der Waals surface area contributed by atoms with Gasteiger partial charge in [-0.3, -0.25) is 9.59 Å². The van der Waals surface area contributed by atoms with Gasteiger partial charge in [-0.1, -0.05) is 18.2 Å². The highest BCUT2D eigenvalue weighted by molar-refractivity contribution is 8.02. The van der Waals surface area contributed by atoms with Gasteiger partial charge in [-0.05, 0) is 71.0 Å². The number of dihydropyridines is 1. The second-order valence-corrected chi connectivity index (χ2v) is 10.5. The number of aliphatic hydroxyl groups is 1. The number of likely N-dealkylation sites (tertiary alicyclic amines) is 1. The van der Waals surface area contributed by atoms with Gasteiger partial charge in [0.15, 0.2) is 0 Å². The number of benzene rings is 1. The Morgan fingerprint density at radius 3 is 2.66 bits per heavy atom. The largest absolute Gasteiger partial charge is 0.395 e. The van der Waals surface area contributed by atoms with E-state index in [-0.39, 0.29) is 31.0 Å². The number of hydrogen-bond acceptors (Lipinski definition) is 5. The maximum absolute atomic E-state index is 13.5. The Kier molecular flexibility index (Phi) is 8.14. The van der Waals surface area contributed by atoms with Crippen molar-refractivity contribution < 1.29 is 14.7 Å². The highest BCUT2D eigenvalue weighted by atomic mass is 32.2. The number of nitrogens with one attached hydrogen (secondary N) is 1. The number of thioether (sulfide) groups is 1. The van der Waals surface area contributed by atoms with Crippen molar-refractivity contribution in [2.45, 2.75) is 39.7 Å². The average molecular weight is 497 g/mol. The van der Waals surface area contributed by atoms with E-state index in [1.54, 1.807) is 0 Å². The summed E-state index contributed by atoms with van der Waals surface area (Å²) in [5.41, 5.74) is 3.41. The van der Waals surface area contributed by atoms with Gasteiger partial charge in [0.05, 0.1) is 18.1 Å². The number of rotatable bonds is 8. The standard InChI is InChI=1S/C27H36N4O3S/c1-17-15-24(35-4)22(26(33)29-17)16-28-27(34)25-19(3)31(23-8-6-5-7-21(23)25)18(2)20-9-11-30(12-10-20)13-14-32/h5-8,15,18,20,22,32H,9-14,16H2,1-4H3,(H,28,34)/t18-,22?/m1/s1. The van der Waals surface area contributed by atoms with Crippen LogP contribution in [0.25, 0.3) is 10.9 Å². The Morgan fingerprint density at radius 1 is 1.26 bits per heavy atom. The van der Waals surface area contributed by atoms with Gasteiger partial charge in [-0.25, -0.2) is 4.99 Å². The van der Waals surface area contributed by atoms with Crippen LogP contribution < -0.4 is 5.32 Å². The predicted octanol–water partition coefficient (Wildman–Crippen LogP) is 3.81. The van der Waals surface area contributed by atoms with Crippen molar-refractivity contribution in [1.82, 2.24) is 14.8 Å². The fourth-order valence-corrected chi connectivity index (χ4v) is 6.36. The molecule has 2 N–H and O–H groups in total. The Bertz CT molecular complexity index is 1160. The molecule has 2 aliphatic heterocycles. The molecule has 0 aliphatic carbocycles. The van der Waals surface area contributed by atoms with Gasteiger partial charge in [0.25, 0.3) is 11.8 Å². The second kappa shape index (κ2) is 11.1. The first kappa shape index (κ1) is 25.7. The lowest BCUT2D eigenvalue weighted by Gasteiger charge is -2.35. The predicted molar refractivity (Wildman–Crippen MR) is 143 cm³/mol. The molecule has 35 heavy (non-hydrogen) atoms. The van der Waals surface area contributed by atoms with Crippen LogP contribution in [0.1, 0.15) is 48.8 Å². The number of carbonyl (C=O) groups is 2. The third-order valence-corrected chi connectivity index (χ3v) is 8.38. The zero-order valence-corrected chi connectivity index (χ0v) is 21.9. The molecule has 2 amide bonds. The number of carbonyl (C=O) groups excluding carboxylic acids is 2. The molecule has 0 radical (unpaired) electrons. The number of hydrogen-bond donors (Lipinski definition) is 2. The topological polar surface area (TPSA) is 86.9 Å². The monoisotopic (exact) mass is 496 g/mol. The number of piperidine rings is 1. The zero-order valence-electron chi connectivity index (χ0n) is 21.1. The van der Waals surface area contributed by atoms with Gasteiger partial charge in [0, 0.05) is 46.3 Å². The number of aromatic nitrogens is 1. The molecule has 8 heteroatoms. The number of aliphatic hydroxyl groups excluding tert-OH is 1. The summed E-state index contributed by atoms with van der Waals surface area (Å²) in [7, 11) is 0. The summed E-state index contributed by atoms with van der Waals surface area (Å²) in [4.78, 5) is 33.4. The summed E-state index contributed by atoms with van der Waals surface area (Å²) in [6.45, 7) is 9.25. The zero-order chi connectivity index (χ0) is 25.1. The minimum absolute atomic E-state index is 0.151. The number of para-hydroxylation sites is 1. The van der Waals surface area contributed by atoms with E-state index in [1.807, 2.05) is 44.4 Å². The van der Waals surface area contributed by atoms with Crippen molar-refractivity contribution in [3.63, 3.8) is 0 Å². The van der Waals surface area contributed by atoms with Crippen LogP contribution in [0.15, 0.2) is 40.2 Å². The SMILES string of the molecule is CSC1=CC(C)=NC(=O)C1CNC(=O)c1c(C)n([C@H](C)C2CCN(CCO)CC2)c2ccccc12. The molecule has 1 saturated heterocycles. The summed E-state index contributed by atoms with van der Waals surface area (Å²) >= 11 is 1.53. The van der Waals surface area contributed by atoms with Gasteiger partial charge in [0.1, 0.15) is 0 Å². The van der Waals surface area contributed by atoms with Gasteiger partial charge >= 0.3 is 0 Å². The first-order valence-corrected chi connectivity index (χ1v) is 13.6. The molecule has 2 atom stereocenters. The molecule has 188 valence electrons.